The molecule has 10 nitrogen and oxygen atoms in total. The van der Waals surface area contributed by atoms with Crippen LogP contribution in [-0.4, -0.2) is 44.0 Å². The molecule has 0 unspecified atom stereocenters. The van der Waals surface area contributed by atoms with Gasteiger partial charge in [0, 0.05) is 24.4 Å². The van der Waals surface area contributed by atoms with Gasteiger partial charge in [0.25, 0.3) is 21.8 Å². The zero-order valence-corrected chi connectivity index (χ0v) is 21.9. The highest BCUT2D eigenvalue weighted by atomic mass is 32.2. The molecule has 1 aromatic heterocycles. The largest absolute Gasteiger partial charge is 0.515 e. The average molecular weight is 540 g/mol. The zero-order valence-electron chi connectivity index (χ0n) is 21.0. The van der Waals surface area contributed by atoms with Crippen molar-refractivity contribution in [3.05, 3.63) is 89.6 Å². The lowest BCUT2D eigenvalue weighted by atomic mass is 10.1. The molecule has 11 heteroatoms. The van der Waals surface area contributed by atoms with E-state index in [2.05, 4.69) is 22.4 Å². The summed E-state index contributed by atoms with van der Waals surface area (Å²) in [5, 5.41) is 2.82. The Morgan fingerprint density at radius 1 is 0.868 bits per heavy atom. The summed E-state index contributed by atoms with van der Waals surface area (Å²) in [7, 11) is -4.21. The molecule has 3 aromatic rings. The van der Waals surface area contributed by atoms with Crippen molar-refractivity contribution in [3.8, 4) is 5.88 Å². The quantitative estimate of drug-likeness (QED) is 0.276. The number of pyridine rings is 1. The second-order valence-electron chi connectivity index (χ2n) is 8.56. The van der Waals surface area contributed by atoms with Crippen LogP contribution in [0, 0.1) is 0 Å². The smallest absolute Gasteiger partial charge is 0.431 e. The molecular weight excluding hydrogens is 510 g/mol. The highest BCUT2D eigenvalue weighted by Crippen LogP contribution is 2.13. The summed E-state index contributed by atoms with van der Waals surface area (Å²) in [5.41, 5.74) is 1.48. The molecule has 0 aliphatic rings. The van der Waals surface area contributed by atoms with Gasteiger partial charge in [0.15, 0.2) is 0 Å². The molecule has 200 valence electrons. The van der Waals surface area contributed by atoms with Crippen molar-refractivity contribution in [2.75, 3.05) is 6.54 Å². The lowest BCUT2D eigenvalue weighted by Crippen LogP contribution is -2.30. The van der Waals surface area contributed by atoms with Gasteiger partial charge in [0.05, 0.1) is 16.6 Å². The Labute approximate surface area is 221 Å². The van der Waals surface area contributed by atoms with Crippen LogP contribution in [0.3, 0.4) is 0 Å². The minimum Gasteiger partial charge on any atom is -0.431 e. The fraction of sp³-hybridized carbons (Fsp3) is 0.259. The Bertz CT molecular complexity index is 1340. The Balaban J connectivity index is 1.49. The Morgan fingerprint density at radius 2 is 1.55 bits per heavy atom. The van der Waals surface area contributed by atoms with Crippen molar-refractivity contribution < 1.29 is 32.3 Å². The number of carbonyl (C=O) groups is 3. The molecule has 3 rings (SSSR count). The molecule has 0 saturated heterocycles. The first-order chi connectivity index (χ1) is 18.1. The number of carbonyl (C=O) groups excluding carboxylic acids is 3. The van der Waals surface area contributed by atoms with E-state index in [4.69, 9.17) is 9.47 Å². The van der Waals surface area contributed by atoms with E-state index in [1.54, 1.807) is 13.8 Å². The summed E-state index contributed by atoms with van der Waals surface area (Å²) in [6.07, 6.45) is 2.40. The van der Waals surface area contributed by atoms with Crippen LogP contribution in [0.4, 0.5) is 4.79 Å². The summed E-state index contributed by atoms with van der Waals surface area (Å²) in [6.45, 7) is 3.80. The molecule has 0 bridgehead atoms. The number of unbranched alkanes of at least 4 members (excludes halogenated alkanes) is 1. The van der Waals surface area contributed by atoms with Crippen molar-refractivity contribution in [1.29, 1.82) is 0 Å². The van der Waals surface area contributed by atoms with Gasteiger partial charge in [-0.3, -0.25) is 9.59 Å². The molecule has 0 saturated carbocycles. The van der Waals surface area contributed by atoms with E-state index in [-0.39, 0.29) is 28.4 Å². The summed E-state index contributed by atoms with van der Waals surface area (Å²) < 4.78 is 36.9. The molecule has 0 aliphatic carbocycles. The van der Waals surface area contributed by atoms with Gasteiger partial charge in [-0.1, -0.05) is 30.3 Å². The zero-order chi connectivity index (χ0) is 27.5. The van der Waals surface area contributed by atoms with E-state index in [1.165, 1.54) is 42.0 Å². The second kappa shape index (κ2) is 13.3. The molecule has 0 atom stereocenters. The minimum absolute atomic E-state index is 0.0681. The summed E-state index contributed by atoms with van der Waals surface area (Å²) in [5.74, 6) is -1.35. The highest BCUT2D eigenvalue weighted by molar-refractivity contribution is 7.90. The fourth-order valence-corrected chi connectivity index (χ4v) is 4.28. The summed E-state index contributed by atoms with van der Waals surface area (Å²) in [6, 6.07) is 17.8. The van der Waals surface area contributed by atoms with Gasteiger partial charge in [0.1, 0.15) is 0 Å². The van der Waals surface area contributed by atoms with E-state index in [9.17, 15) is 22.8 Å². The highest BCUT2D eigenvalue weighted by Gasteiger charge is 2.20. The summed E-state index contributed by atoms with van der Waals surface area (Å²) >= 11 is 0. The van der Waals surface area contributed by atoms with E-state index in [0.29, 0.717) is 12.1 Å². The number of amides is 2. The molecule has 1 heterocycles. The predicted molar refractivity (Wildman–Crippen MR) is 139 cm³/mol. The second-order valence-corrected chi connectivity index (χ2v) is 10.2. The van der Waals surface area contributed by atoms with Crippen LogP contribution in [0.1, 0.15) is 53.0 Å². The monoisotopic (exact) mass is 539 g/mol. The average Bonchev–Trinajstić information content (AvgIpc) is 2.88. The lowest BCUT2D eigenvalue weighted by Gasteiger charge is -2.09. The van der Waals surface area contributed by atoms with Crippen LogP contribution in [0.5, 0.6) is 5.88 Å². The number of rotatable bonds is 11. The number of hydrogen-bond donors (Lipinski definition) is 2. The van der Waals surface area contributed by atoms with E-state index in [0.717, 1.165) is 25.5 Å². The van der Waals surface area contributed by atoms with Crippen LogP contribution in [0.15, 0.2) is 77.8 Å². The normalized spacial score (nSPS) is 11.0. The lowest BCUT2D eigenvalue weighted by molar-refractivity contribution is 0.0715. The maximum absolute atomic E-state index is 12.6. The van der Waals surface area contributed by atoms with Crippen LogP contribution in [-0.2, 0) is 21.2 Å². The van der Waals surface area contributed by atoms with Crippen molar-refractivity contribution in [3.63, 3.8) is 0 Å². The Hall–Kier alpha value is -4.25. The molecular formula is C27H29N3O7S. The number of aromatic nitrogens is 1. The minimum atomic E-state index is -4.21. The molecule has 0 spiro atoms. The first-order valence-electron chi connectivity index (χ1n) is 12.0. The third-order valence-electron chi connectivity index (χ3n) is 5.19. The molecule has 0 fully saturated rings. The Morgan fingerprint density at radius 3 is 2.18 bits per heavy atom. The van der Waals surface area contributed by atoms with E-state index in [1.807, 2.05) is 22.9 Å². The molecule has 2 aromatic carbocycles. The van der Waals surface area contributed by atoms with Gasteiger partial charge in [0.2, 0.25) is 5.88 Å². The van der Waals surface area contributed by atoms with Crippen molar-refractivity contribution in [2.24, 2.45) is 0 Å². The number of sulfonamides is 1. The SMILES string of the molecule is CC(C)OC(=O)Oc1ccc(C(=O)NS(=O)(=O)c2ccc(C(=O)NCCCCc3ccccc3)cc2)cn1. The number of ether oxygens (including phenoxy) is 2. The van der Waals surface area contributed by atoms with Crippen molar-refractivity contribution in [2.45, 2.75) is 44.1 Å². The van der Waals surface area contributed by atoms with Crippen LogP contribution in [0.2, 0.25) is 0 Å². The molecule has 38 heavy (non-hydrogen) atoms. The van der Waals surface area contributed by atoms with Gasteiger partial charge in [-0.25, -0.2) is 22.9 Å². The number of aryl methyl sites for hydroxylation is 1. The number of benzene rings is 2. The molecule has 2 N–H and O–H groups in total. The van der Waals surface area contributed by atoms with Gasteiger partial charge < -0.3 is 14.8 Å². The summed E-state index contributed by atoms with van der Waals surface area (Å²) in [4.78, 5) is 39.9. The fourth-order valence-electron chi connectivity index (χ4n) is 3.31. The maximum atomic E-state index is 12.6. The maximum Gasteiger partial charge on any atom is 0.515 e. The first-order valence-corrected chi connectivity index (χ1v) is 13.5. The van der Waals surface area contributed by atoms with Gasteiger partial charge >= 0.3 is 6.16 Å². The number of nitrogens with one attached hydrogen (secondary N) is 2. The van der Waals surface area contributed by atoms with E-state index >= 15 is 0 Å². The van der Waals surface area contributed by atoms with Gasteiger partial charge in [-0.2, -0.15) is 0 Å². The predicted octanol–water partition coefficient (Wildman–Crippen LogP) is 3.88. The molecule has 0 aliphatic heterocycles. The van der Waals surface area contributed by atoms with Crippen molar-refractivity contribution >= 4 is 28.0 Å². The van der Waals surface area contributed by atoms with E-state index < -0.39 is 22.1 Å². The first kappa shape index (κ1) is 28.3. The molecule has 2 amide bonds. The van der Waals surface area contributed by atoms with Crippen LogP contribution in [0.25, 0.3) is 0 Å². The third kappa shape index (κ3) is 8.70. The molecule has 0 radical (unpaired) electrons. The van der Waals surface area contributed by atoms with Gasteiger partial charge in [-0.05, 0) is 69.0 Å². The van der Waals surface area contributed by atoms with Crippen LogP contribution < -0.4 is 14.8 Å². The number of hydrogen-bond acceptors (Lipinski definition) is 8. The van der Waals surface area contributed by atoms with Gasteiger partial charge in [-0.15, -0.1) is 0 Å². The van der Waals surface area contributed by atoms with Crippen molar-refractivity contribution in [1.82, 2.24) is 15.0 Å². The van der Waals surface area contributed by atoms with Crippen LogP contribution >= 0.6 is 0 Å². The third-order valence-corrected chi connectivity index (χ3v) is 6.54. The standard InChI is InChI=1S/C27H29N3O7S/c1-19(2)36-27(33)37-24-16-13-22(18-29-24)26(32)30-38(34,35)23-14-11-21(12-15-23)25(31)28-17-7-6-10-20-8-4-3-5-9-20/h3-5,8-9,11-16,18-19H,6-7,10,17H2,1-2H3,(H,28,31)(H,30,32). The Kier molecular flexibility index (Phi) is 9.94. The topological polar surface area (TPSA) is 141 Å². The number of nitrogens with zero attached hydrogens (tertiary/aromatic N) is 1.